The molecule has 4 aromatic rings. The van der Waals surface area contributed by atoms with Gasteiger partial charge in [-0.3, -0.25) is 19.6 Å². The van der Waals surface area contributed by atoms with Gasteiger partial charge in [-0.25, -0.2) is 0 Å². The minimum Gasteiger partial charge on any atom is -0.506 e. The van der Waals surface area contributed by atoms with Crippen molar-refractivity contribution in [3.63, 3.8) is 0 Å². The number of phenols is 2. The number of anilines is 1. The molecule has 0 radical (unpaired) electrons. The van der Waals surface area contributed by atoms with Crippen LogP contribution in [0.5, 0.6) is 11.5 Å². The van der Waals surface area contributed by atoms with Gasteiger partial charge in [-0.2, -0.15) is 0 Å². The van der Waals surface area contributed by atoms with Crippen LogP contribution in [-0.2, 0) is 6.42 Å². The summed E-state index contributed by atoms with van der Waals surface area (Å²) in [4.78, 5) is 35.8. The maximum atomic E-state index is 13.3. The molecule has 4 N–H and O–H groups in total. The molecule has 4 aromatic carbocycles. The molecular formula is C42H40N4O4. The molecule has 252 valence electrons. The molecule has 2 amide bonds. The van der Waals surface area contributed by atoms with E-state index >= 15 is 0 Å². The highest BCUT2D eigenvalue weighted by Gasteiger charge is 2.30. The monoisotopic (exact) mass is 664 g/mol. The molecular weight excluding hydrogens is 624 g/mol. The fourth-order valence-corrected chi connectivity index (χ4v) is 7.47. The van der Waals surface area contributed by atoms with E-state index in [2.05, 4.69) is 52.7 Å². The first-order valence-corrected chi connectivity index (χ1v) is 17.2. The van der Waals surface area contributed by atoms with E-state index in [4.69, 9.17) is 0 Å². The molecule has 0 bridgehead atoms. The highest BCUT2D eigenvalue weighted by atomic mass is 16.3. The maximum absolute atomic E-state index is 13.3. The largest absolute Gasteiger partial charge is 0.506 e. The first kappa shape index (κ1) is 32.8. The number of phenolic OH excluding ortho intramolecular Hbond substituents is 2. The second-order valence-corrected chi connectivity index (χ2v) is 13.3. The van der Waals surface area contributed by atoms with Crippen molar-refractivity contribution in [3.05, 3.63) is 136 Å². The Morgan fingerprint density at radius 3 is 2.04 bits per heavy atom. The number of nitrogens with zero attached hydrogens (tertiary/aromatic N) is 2. The van der Waals surface area contributed by atoms with E-state index in [0.717, 1.165) is 43.4 Å². The van der Waals surface area contributed by atoms with Gasteiger partial charge in [0, 0.05) is 29.2 Å². The second kappa shape index (κ2) is 14.0. The summed E-state index contributed by atoms with van der Waals surface area (Å²) in [5.41, 5.74) is 7.93. The van der Waals surface area contributed by atoms with E-state index in [0.29, 0.717) is 34.3 Å². The molecule has 1 unspecified atom stereocenters. The lowest BCUT2D eigenvalue weighted by atomic mass is 9.89. The number of rotatable bonds is 8. The van der Waals surface area contributed by atoms with E-state index in [9.17, 15) is 19.8 Å². The van der Waals surface area contributed by atoms with Crippen LogP contribution in [0.15, 0.2) is 112 Å². The Morgan fingerprint density at radius 1 is 0.740 bits per heavy atom. The summed E-state index contributed by atoms with van der Waals surface area (Å²) >= 11 is 0. The van der Waals surface area contributed by atoms with Crippen molar-refractivity contribution in [1.82, 2.24) is 5.32 Å². The molecule has 7 rings (SSSR count). The van der Waals surface area contributed by atoms with Gasteiger partial charge in [-0.05, 0) is 109 Å². The smallest absolute Gasteiger partial charge is 0.259 e. The van der Waals surface area contributed by atoms with Crippen LogP contribution >= 0.6 is 0 Å². The zero-order valence-corrected chi connectivity index (χ0v) is 28.2. The van der Waals surface area contributed by atoms with Gasteiger partial charge in [-0.1, -0.05) is 62.4 Å². The van der Waals surface area contributed by atoms with Crippen molar-refractivity contribution in [2.24, 2.45) is 15.9 Å². The van der Waals surface area contributed by atoms with Gasteiger partial charge >= 0.3 is 0 Å². The number of para-hydroxylation sites is 4. The fourth-order valence-electron chi connectivity index (χ4n) is 7.47. The Balaban J connectivity index is 1.07. The number of nitrogens with one attached hydrogen (secondary N) is 2. The lowest BCUT2D eigenvalue weighted by Gasteiger charge is -2.26. The van der Waals surface area contributed by atoms with Gasteiger partial charge in [0.05, 0.1) is 28.5 Å². The van der Waals surface area contributed by atoms with Crippen LogP contribution in [0.3, 0.4) is 0 Å². The van der Waals surface area contributed by atoms with Crippen molar-refractivity contribution in [1.29, 1.82) is 0 Å². The van der Waals surface area contributed by atoms with E-state index in [1.807, 2.05) is 24.3 Å². The Kier molecular flexibility index (Phi) is 9.17. The molecule has 3 atom stereocenters. The minimum atomic E-state index is -0.392. The number of aliphatic imine (C=N–C) groups is 2. The fraction of sp³-hybridized carbons (Fsp3) is 0.238. The number of benzene rings is 4. The number of carbonyl (C=O) groups excluding carboxylic acids is 2. The molecule has 0 heterocycles. The van der Waals surface area contributed by atoms with Crippen molar-refractivity contribution >= 4 is 41.3 Å². The molecule has 0 saturated heterocycles. The number of fused-ring (bicyclic) bond motifs is 1. The van der Waals surface area contributed by atoms with Gasteiger partial charge in [-0.15, -0.1) is 0 Å². The highest BCUT2D eigenvalue weighted by molar-refractivity contribution is 6.08. The predicted octanol–water partition coefficient (Wildman–Crippen LogP) is 8.69. The van der Waals surface area contributed by atoms with Crippen molar-refractivity contribution in [2.45, 2.75) is 57.9 Å². The number of aryl methyl sites for hydroxylation is 1. The third-order valence-electron chi connectivity index (χ3n) is 10.1. The third kappa shape index (κ3) is 6.49. The van der Waals surface area contributed by atoms with Gasteiger partial charge in [0.2, 0.25) is 0 Å². The minimum absolute atomic E-state index is 0.0794. The SMILES string of the molecule is C[C@H]1CCC2=C1C(NC(=O)c1cccc(C=Nc3ccccc3N=Cc3cccc(C(=O)Nc4cccc5c4[C@@H](C)CC5)c3O)c1O)CC=C2. The predicted molar refractivity (Wildman–Crippen MR) is 199 cm³/mol. The first-order chi connectivity index (χ1) is 24.3. The van der Waals surface area contributed by atoms with E-state index in [1.54, 1.807) is 48.5 Å². The van der Waals surface area contributed by atoms with Gasteiger partial charge in [0.25, 0.3) is 11.8 Å². The Bertz CT molecular complexity index is 2110. The molecule has 0 spiro atoms. The Labute approximate surface area is 292 Å². The average Bonchev–Trinajstić information content (AvgIpc) is 3.70. The van der Waals surface area contributed by atoms with Crippen molar-refractivity contribution in [2.75, 3.05) is 5.32 Å². The Hall–Kier alpha value is -5.76. The molecule has 8 heteroatoms. The summed E-state index contributed by atoms with van der Waals surface area (Å²) in [5, 5.41) is 28.4. The zero-order valence-electron chi connectivity index (χ0n) is 28.2. The summed E-state index contributed by atoms with van der Waals surface area (Å²) in [6.45, 7) is 4.36. The van der Waals surface area contributed by atoms with Crippen LogP contribution in [0.25, 0.3) is 0 Å². The standard InChI is InChI=1S/C42H40N4O4/c1-25-19-21-27-9-7-17-35(37(25)27)45-41(49)31-13-5-11-29(39(31)47)23-43-33-15-3-4-16-34(33)44-24-30-12-6-14-32(40(30)48)42(50)46-36-18-8-10-28-22-20-26(2)38(28)36/h3-17,23-26,36,47-48H,18-22H2,1-2H3,(H,45,49)(H,46,50)/t25-,26-,36?/m0/s1. The van der Waals surface area contributed by atoms with Crippen LogP contribution in [0.2, 0.25) is 0 Å². The summed E-state index contributed by atoms with van der Waals surface area (Å²) in [5.74, 6) is -0.260. The van der Waals surface area contributed by atoms with Crippen LogP contribution in [0, 0.1) is 5.92 Å². The van der Waals surface area contributed by atoms with Gasteiger partial charge in [0.1, 0.15) is 11.5 Å². The molecule has 0 saturated carbocycles. The van der Waals surface area contributed by atoms with Crippen LogP contribution < -0.4 is 10.6 Å². The molecule has 8 nitrogen and oxygen atoms in total. The number of aromatic hydroxyl groups is 2. The average molecular weight is 665 g/mol. The summed E-state index contributed by atoms with van der Waals surface area (Å²) in [6, 6.07) is 23.1. The number of hydrogen-bond donors (Lipinski definition) is 4. The molecule has 0 aliphatic heterocycles. The van der Waals surface area contributed by atoms with Crippen LogP contribution in [0.1, 0.15) is 88.4 Å². The first-order valence-electron chi connectivity index (χ1n) is 17.2. The summed E-state index contributed by atoms with van der Waals surface area (Å²) in [6.07, 6.45) is 12.2. The van der Waals surface area contributed by atoms with Gasteiger partial charge in [0.15, 0.2) is 0 Å². The van der Waals surface area contributed by atoms with E-state index in [-0.39, 0.29) is 34.6 Å². The molecule has 0 fully saturated rings. The lowest BCUT2D eigenvalue weighted by Crippen LogP contribution is -2.38. The quantitative estimate of drug-likeness (QED) is 0.141. The van der Waals surface area contributed by atoms with Gasteiger partial charge < -0.3 is 20.8 Å². The normalized spacial score (nSPS) is 19.6. The lowest BCUT2D eigenvalue weighted by molar-refractivity contribution is 0.0937. The number of amides is 2. The van der Waals surface area contributed by atoms with Crippen molar-refractivity contribution in [3.8, 4) is 11.5 Å². The second-order valence-electron chi connectivity index (χ2n) is 13.3. The summed E-state index contributed by atoms with van der Waals surface area (Å²) in [7, 11) is 0. The third-order valence-corrected chi connectivity index (χ3v) is 10.1. The maximum Gasteiger partial charge on any atom is 0.259 e. The number of carbonyl (C=O) groups is 2. The number of hydrogen-bond acceptors (Lipinski definition) is 6. The highest BCUT2D eigenvalue weighted by Crippen LogP contribution is 2.39. The topological polar surface area (TPSA) is 123 Å². The molecule has 50 heavy (non-hydrogen) atoms. The zero-order chi connectivity index (χ0) is 34.8. The number of allylic oxidation sites excluding steroid dienone is 2. The van der Waals surface area contributed by atoms with E-state index in [1.165, 1.54) is 29.1 Å². The van der Waals surface area contributed by atoms with Crippen LogP contribution in [0.4, 0.5) is 17.1 Å². The van der Waals surface area contributed by atoms with E-state index < -0.39 is 5.91 Å². The molecule has 3 aliphatic carbocycles. The van der Waals surface area contributed by atoms with Crippen molar-refractivity contribution < 1.29 is 19.8 Å². The Morgan fingerprint density at radius 2 is 1.36 bits per heavy atom. The molecule has 3 aliphatic rings. The summed E-state index contributed by atoms with van der Waals surface area (Å²) < 4.78 is 0. The molecule has 0 aromatic heterocycles. The van der Waals surface area contributed by atoms with Crippen LogP contribution in [-0.4, -0.2) is 40.5 Å².